The number of nitrogens with one attached hydrogen (secondary N) is 1. The van der Waals surface area contributed by atoms with E-state index < -0.39 is 5.54 Å². The predicted molar refractivity (Wildman–Crippen MR) is 50.0 cm³/mol. The van der Waals surface area contributed by atoms with Crippen LogP contribution in [0.5, 0.6) is 0 Å². The van der Waals surface area contributed by atoms with E-state index in [0.717, 1.165) is 5.69 Å². The van der Waals surface area contributed by atoms with Crippen molar-refractivity contribution in [1.82, 2.24) is 15.1 Å². The highest BCUT2D eigenvalue weighted by Crippen LogP contribution is 2.06. The molecule has 0 amide bonds. The van der Waals surface area contributed by atoms with Gasteiger partial charge in [0.2, 0.25) is 0 Å². The highest BCUT2D eigenvalue weighted by molar-refractivity contribution is 5.06. The van der Waals surface area contributed by atoms with Gasteiger partial charge in [0, 0.05) is 11.9 Å². The van der Waals surface area contributed by atoms with Crippen molar-refractivity contribution < 1.29 is 0 Å². The van der Waals surface area contributed by atoms with Gasteiger partial charge in [-0.3, -0.25) is 4.68 Å². The Morgan fingerprint density at radius 2 is 2.46 bits per heavy atom. The summed E-state index contributed by atoms with van der Waals surface area (Å²) >= 11 is 0. The number of nitrogens with zero attached hydrogens (tertiary/aromatic N) is 3. The van der Waals surface area contributed by atoms with Crippen molar-refractivity contribution >= 4 is 0 Å². The van der Waals surface area contributed by atoms with Gasteiger partial charge in [-0.2, -0.15) is 10.4 Å². The molecule has 1 rings (SSSR count). The number of rotatable bonds is 3. The molecule has 70 valence electrons. The lowest BCUT2D eigenvalue weighted by Crippen LogP contribution is -2.42. The van der Waals surface area contributed by atoms with Gasteiger partial charge in [0.1, 0.15) is 5.54 Å². The summed E-state index contributed by atoms with van der Waals surface area (Å²) in [6.07, 6.45) is 1.74. The molecular formula is C9H14N4. The molecule has 0 aromatic carbocycles. The Labute approximate surface area is 78.2 Å². The summed E-state index contributed by atoms with van der Waals surface area (Å²) < 4.78 is 1.82. The molecule has 1 heterocycles. The lowest BCUT2D eigenvalue weighted by molar-refractivity contribution is 0.392. The number of hydrogen-bond acceptors (Lipinski definition) is 3. The Bertz CT molecular complexity index is 323. The molecular weight excluding hydrogens is 164 g/mol. The SMILES string of the molecule is CNC(C)(C#N)Cn1nccc1C. The van der Waals surface area contributed by atoms with E-state index >= 15 is 0 Å². The lowest BCUT2D eigenvalue weighted by atomic mass is 10.1. The number of nitriles is 1. The summed E-state index contributed by atoms with van der Waals surface area (Å²) in [7, 11) is 1.78. The summed E-state index contributed by atoms with van der Waals surface area (Å²) in [5.74, 6) is 0. The van der Waals surface area contributed by atoms with Crippen molar-refractivity contribution in [2.45, 2.75) is 25.9 Å². The van der Waals surface area contributed by atoms with Gasteiger partial charge in [-0.05, 0) is 27.0 Å². The van der Waals surface area contributed by atoms with Crippen LogP contribution < -0.4 is 5.32 Å². The van der Waals surface area contributed by atoms with Crippen molar-refractivity contribution in [3.8, 4) is 6.07 Å². The van der Waals surface area contributed by atoms with Crippen molar-refractivity contribution in [2.75, 3.05) is 7.05 Å². The molecule has 1 aromatic rings. The molecule has 0 fully saturated rings. The van der Waals surface area contributed by atoms with Gasteiger partial charge < -0.3 is 5.32 Å². The Balaban J connectivity index is 2.80. The van der Waals surface area contributed by atoms with E-state index in [9.17, 15) is 0 Å². The molecule has 0 bridgehead atoms. The maximum absolute atomic E-state index is 8.92. The molecule has 0 saturated carbocycles. The normalized spacial score (nSPS) is 14.9. The van der Waals surface area contributed by atoms with Crippen LogP contribution in [0.15, 0.2) is 12.3 Å². The standard InChI is InChI=1S/C9H14N4/c1-8-4-5-12-13(8)7-9(2,6-10)11-3/h4-5,11H,7H2,1-3H3. The summed E-state index contributed by atoms with van der Waals surface area (Å²) in [5, 5.41) is 16.0. The molecule has 4 heteroatoms. The molecule has 1 unspecified atom stereocenters. The second kappa shape index (κ2) is 3.58. The topological polar surface area (TPSA) is 53.6 Å². The maximum atomic E-state index is 8.92. The summed E-state index contributed by atoms with van der Waals surface area (Å²) in [6.45, 7) is 4.40. The van der Waals surface area contributed by atoms with Crippen LogP contribution in [-0.4, -0.2) is 22.4 Å². The molecule has 1 N–H and O–H groups in total. The highest BCUT2D eigenvalue weighted by atomic mass is 15.3. The van der Waals surface area contributed by atoms with Gasteiger partial charge in [0.05, 0.1) is 12.6 Å². The van der Waals surface area contributed by atoms with Crippen LogP contribution in [0, 0.1) is 18.3 Å². The minimum absolute atomic E-state index is 0.545. The summed E-state index contributed by atoms with van der Waals surface area (Å²) in [5.41, 5.74) is 0.522. The van der Waals surface area contributed by atoms with Gasteiger partial charge in [-0.25, -0.2) is 0 Å². The third kappa shape index (κ3) is 2.07. The van der Waals surface area contributed by atoms with Crippen LogP contribution >= 0.6 is 0 Å². The van der Waals surface area contributed by atoms with Gasteiger partial charge in [0.25, 0.3) is 0 Å². The third-order valence-electron chi connectivity index (χ3n) is 2.19. The quantitative estimate of drug-likeness (QED) is 0.741. The van der Waals surface area contributed by atoms with Crippen LogP contribution in [0.4, 0.5) is 0 Å². The van der Waals surface area contributed by atoms with Crippen molar-refractivity contribution in [3.05, 3.63) is 18.0 Å². The van der Waals surface area contributed by atoms with Crippen LogP contribution in [0.25, 0.3) is 0 Å². The third-order valence-corrected chi connectivity index (χ3v) is 2.19. The lowest BCUT2D eigenvalue weighted by Gasteiger charge is -2.21. The van der Waals surface area contributed by atoms with E-state index in [4.69, 9.17) is 5.26 Å². The number of aryl methyl sites for hydroxylation is 1. The smallest absolute Gasteiger partial charge is 0.123 e. The van der Waals surface area contributed by atoms with Crippen molar-refractivity contribution in [1.29, 1.82) is 5.26 Å². The molecule has 1 atom stereocenters. The Hall–Kier alpha value is -1.34. The van der Waals surface area contributed by atoms with E-state index in [1.165, 1.54) is 0 Å². The maximum Gasteiger partial charge on any atom is 0.123 e. The highest BCUT2D eigenvalue weighted by Gasteiger charge is 2.22. The summed E-state index contributed by atoms with van der Waals surface area (Å²) in [6, 6.07) is 4.15. The van der Waals surface area contributed by atoms with Crippen LogP contribution in [-0.2, 0) is 6.54 Å². The van der Waals surface area contributed by atoms with Gasteiger partial charge in [-0.1, -0.05) is 0 Å². The number of hydrogen-bond donors (Lipinski definition) is 1. The van der Waals surface area contributed by atoms with E-state index in [1.54, 1.807) is 13.2 Å². The first-order chi connectivity index (χ1) is 6.11. The van der Waals surface area contributed by atoms with Crippen LogP contribution in [0.1, 0.15) is 12.6 Å². The van der Waals surface area contributed by atoms with Gasteiger partial charge in [0.15, 0.2) is 0 Å². The van der Waals surface area contributed by atoms with E-state index in [1.807, 2.05) is 24.6 Å². The van der Waals surface area contributed by atoms with Gasteiger partial charge in [-0.15, -0.1) is 0 Å². The second-order valence-corrected chi connectivity index (χ2v) is 3.32. The van der Waals surface area contributed by atoms with Crippen molar-refractivity contribution in [2.24, 2.45) is 0 Å². The second-order valence-electron chi connectivity index (χ2n) is 3.32. The first-order valence-corrected chi connectivity index (χ1v) is 4.20. The minimum Gasteiger partial charge on any atom is -0.301 e. The fourth-order valence-electron chi connectivity index (χ4n) is 1.03. The fraction of sp³-hybridized carbons (Fsp3) is 0.556. The molecule has 0 aliphatic rings. The average molecular weight is 178 g/mol. The minimum atomic E-state index is -0.545. The number of likely N-dealkylation sites (N-methyl/N-ethyl adjacent to an activating group) is 1. The first-order valence-electron chi connectivity index (χ1n) is 4.20. The zero-order valence-electron chi connectivity index (χ0n) is 8.20. The Morgan fingerprint density at radius 3 is 2.85 bits per heavy atom. The van der Waals surface area contributed by atoms with E-state index in [2.05, 4.69) is 16.5 Å². The molecule has 4 nitrogen and oxygen atoms in total. The average Bonchev–Trinajstić information content (AvgIpc) is 2.52. The van der Waals surface area contributed by atoms with Crippen LogP contribution in [0.3, 0.4) is 0 Å². The zero-order chi connectivity index (χ0) is 9.90. The first kappa shape index (κ1) is 9.75. The Kier molecular flexibility index (Phi) is 2.69. The number of aromatic nitrogens is 2. The molecule has 0 saturated heterocycles. The monoisotopic (exact) mass is 178 g/mol. The molecule has 0 radical (unpaired) electrons. The van der Waals surface area contributed by atoms with E-state index in [-0.39, 0.29) is 0 Å². The fourth-order valence-corrected chi connectivity index (χ4v) is 1.03. The van der Waals surface area contributed by atoms with Crippen LogP contribution in [0.2, 0.25) is 0 Å². The van der Waals surface area contributed by atoms with Gasteiger partial charge >= 0.3 is 0 Å². The predicted octanol–water partition coefficient (Wildman–Crippen LogP) is 0.693. The largest absolute Gasteiger partial charge is 0.301 e. The van der Waals surface area contributed by atoms with Crippen molar-refractivity contribution in [3.63, 3.8) is 0 Å². The Morgan fingerprint density at radius 1 is 1.77 bits per heavy atom. The zero-order valence-corrected chi connectivity index (χ0v) is 8.20. The molecule has 0 spiro atoms. The van der Waals surface area contributed by atoms with E-state index in [0.29, 0.717) is 6.54 Å². The molecule has 13 heavy (non-hydrogen) atoms. The molecule has 1 aromatic heterocycles. The molecule has 0 aliphatic carbocycles. The summed E-state index contributed by atoms with van der Waals surface area (Å²) in [4.78, 5) is 0. The molecule has 0 aliphatic heterocycles.